The molecule has 0 aromatic carbocycles. The number of H-pyrrole nitrogens is 1. The summed E-state index contributed by atoms with van der Waals surface area (Å²) >= 11 is 0. The fraction of sp³-hybridized carbons (Fsp3) is 0.435. The maximum atomic E-state index is 13.8. The van der Waals surface area contributed by atoms with Crippen molar-refractivity contribution in [2.45, 2.75) is 25.8 Å². The summed E-state index contributed by atoms with van der Waals surface area (Å²) < 4.78 is 13.8. The number of likely N-dealkylation sites (N-methyl/N-ethyl adjacent to an activating group) is 1. The zero-order valence-electron chi connectivity index (χ0n) is 19.0. The van der Waals surface area contributed by atoms with Gasteiger partial charge in [0.25, 0.3) is 0 Å². The lowest BCUT2D eigenvalue weighted by Gasteiger charge is -2.35. The first-order valence-corrected chi connectivity index (χ1v) is 10.9. The van der Waals surface area contributed by atoms with Gasteiger partial charge in [0.1, 0.15) is 11.5 Å². The highest BCUT2D eigenvalue weighted by atomic mass is 19.1. The van der Waals surface area contributed by atoms with Crippen molar-refractivity contribution >= 4 is 28.6 Å². The Kier molecular flexibility index (Phi) is 6.51. The van der Waals surface area contributed by atoms with Crippen LogP contribution < -0.4 is 5.32 Å². The number of rotatable bonds is 6. The lowest BCUT2D eigenvalue weighted by molar-refractivity contribution is -0.133. The van der Waals surface area contributed by atoms with Crippen molar-refractivity contribution in [3.63, 3.8) is 0 Å². The van der Waals surface area contributed by atoms with E-state index in [1.807, 2.05) is 23.9 Å². The number of piperidine rings is 1. The van der Waals surface area contributed by atoms with Crippen molar-refractivity contribution in [1.29, 1.82) is 0 Å². The molecule has 3 aromatic rings. The minimum Gasteiger partial charge on any atom is -0.352 e. The highest BCUT2D eigenvalue weighted by molar-refractivity contribution is 5.96. The SMILES string of the molecule is [C-]#[N+]c1cnc(NC(C)C2CCN(C(=O)CN(C)C)CC2)nc1-c1c[nH]c2ncc(F)cc12. The van der Waals surface area contributed by atoms with Crippen molar-refractivity contribution in [3.05, 3.63) is 41.9 Å². The molecule has 0 radical (unpaired) electrons. The van der Waals surface area contributed by atoms with Gasteiger partial charge in [0.05, 0.1) is 25.0 Å². The predicted molar refractivity (Wildman–Crippen MR) is 124 cm³/mol. The summed E-state index contributed by atoms with van der Waals surface area (Å²) in [5.41, 5.74) is 1.84. The molecule has 4 heterocycles. The topological polar surface area (TPSA) is 94.4 Å². The number of carbonyl (C=O) groups excluding carboxylic acids is 1. The molecule has 1 fully saturated rings. The first-order valence-electron chi connectivity index (χ1n) is 10.9. The van der Waals surface area contributed by atoms with Crippen LogP contribution in [-0.2, 0) is 4.79 Å². The Morgan fingerprint density at radius 2 is 2.12 bits per heavy atom. The number of anilines is 1. The van der Waals surface area contributed by atoms with E-state index in [0.717, 1.165) is 32.1 Å². The first-order chi connectivity index (χ1) is 15.9. The van der Waals surface area contributed by atoms with Crippen LogP contribution >= 0.6 is 0 Å². The smallest absolute Gasteiger partial charge is 0.236 e. The number of carbonyl (C=O) groups is 1. The lowest BCUT2D eigenvalue weighted by atomic mass is 9.90. The number of nitrogens with zero attached hydrogens (tertiary/aromatic N) is 6. The van der Waals surface area contributed by atoms with Gasteiger partial charge >= 0.3 is 0 Å². The third-order valence-corrected chi connectivity index (χ3v) is 6.05. The molecule has 0 saturated carbocycles. The summed E-state index contributed by atoms with van der Waals surface area (Å²) in [7, 11) is 3.79. The van der Waals surface area contributed by atoms with E-state index in [-0.39, 0.29) is 17.6 Å². The molecular formula is C23H27FN8O. The highest BCUT2D eigenvalue weighted by Crippen LogP contribution is 2.34. The van der Waals surface area contributed by atoms with Gasteiger partial charge in [0.15, 0.2) is 0 Å². The Morgan fingerprint density at radius 1 is 1.36 bits per heavy atom. The number of hydrogen-bond donors (Lipinski definition) is 2. The van der Waals surface area contributed by atoms with Crippen molar-refractivity contribution < 1.29 is 9.18 Å². The van der Waals surface area contributed by atoms with Crippen LogP contribution in [0.1, 0.15) is 19.8 Å². The quantitative estimate of drug-likeness (QED) is 0.560. The second-order valence-corrected chi connectivity index (χ2v) is 8.68. The average Bonchev–Trinajstić information content (AvgIpc) is 3.21. The summed E-state index contributed by atoms with van der Waals surface area (Å²) in [6.07, 6.45) is 6.11. The van der Waals surface area contributed by atoms with Gasteiger partial charge in [-0.15, -0.1) is 0 Å². The molecule has 4 rings (SSSR count). The predicted octanol–water partition coefficient (Wildman–Crippen LogP) is 3.31. The minimum absolute atomic E-state index is 0.0878. The standard InChI is InChI=1S/C23H27FN8O/c1-14(15-5-7-32(8-6-15)20(33)13-31(3)4)29-23-28-12-19(25-2)21(30-23)18-11-27-22-17(18)9-16(24)10-26-22/h9-12,14-15H,5-8,13H2,1,3-4H3,(H,26,27)(H,28,29,30). The molecule has 1 unspecified atom stereocenters. The molecule has 172 valence electrons. The zero-order chi connectivity index (χ0) is 23.5. The van der Waals surface area contributed by atoms with Crippen molar-refractivity contribution in [2.75, 3.05) is 39.0 Å². The minimum atomic E-state index is -0.454. The molecule has 1 atom stereocenters. The summed E-state index contributed by atoms with van der Waals surface area (Å²) in [4.78, 5) is 35.6. The fourth-order valence-electron chi connectivity index (χ4n) is 4.24. The molecular weight excluding hydrogens is 423 g/mol. The maximum Gasteiger partial charge on any atom is 0.236 e. The van der Waals surface area contributed by atoms with Crippen molar-refractivity contribution in [1.82, 2.24) is 29.7 Å². The number of aromatic amines is 1. The van der Waals surface area contributed by atoms with Crippen molar-refractivity contribution in [3.8, 4) is 11.3 Å². The highest BCUT2D eigenvalue weighted by Gasteiger charge is 2.27. The van der Waals surface area contributed by atoms with E-state index in [1.54, 1.807) is 6.20 Å². The zero-order valence-corrected chi connectivity index (χ0v) is 19.0. The summed E-state index contributed by atoms with van der Waals surface area (Å²) in [6, 6.07) is 1.47. The normalized spacial score (nSPS) is 15.6. The summed E-state index contributed by atoms with van der Waals surface area (Å²) in [6.45, 7) is 11.5. The molecule has 3 aromatic heterocycles. The van der Waals surface area contributed by atoms with Gasteiger partial charge in [0.2, 0.25) is 17.5 Å². The van der Waals surface area contributed by atoms with E-state index < -0.39 is 5.82 Å². The van der Waals surface area contributed by atoms with Crippen molar-refractivity contribution in [2.24, 2.45) is 5.92 Å². The molecule has 0 bridgehead atoms. The Bertz CT molecular complexity index is 1190. The third kappa shape index (κ3) is 4.93. The van der Waals surface area contributed by atoms with Crippen LogP contribution in [0.4, 0.5) is 16.0 Å². The lowest BCUT2D eigenvalue weighted by Crippen LogP contribution is -2.45. The number of halogens is 1. The Balaban J connectivity index is 1.49. The summed E-state index contributed by atoms with van der Waals surface area (Å²) in [5, 5.41) is 3.93. The second kappa shape index (κ2) is 9.50. The van der Waals surface area contributed by atoms with Crippen LogP contribution in [0.25, 0.3) is 27.1 Å². The van der Waals surface area contributed by atoms with Crippen LogP contribution in [0.5, 0.6) is 0 Å². The molecule has 1 amide bonds. The largest absolute Gasteiger partial charge is 0.352 e. The van der Waals surface area contributed by atoms with E-state index in [0.29, 0.717) is 40.7 Å². The monoisotopic (exact) mass is 450 g/mol. The van der Waals surface area contributed by atoms with Gasteiger partial charge in [-0.05, 0) is 45.8 Å². The number of fused-ring (bicyclic) bond motifs is 1. The molecule has 1 aliphatic heterocycles. The molecule has 0 spiro atoms. The fourth-order valence-corrected chi connectivity index (χ4v) is 4.24. The van der Waals surface area contributed by atoms with Crippen LogP contribution in [0.3, 0.4) is 0 Å². The number of aromatic nitrogens is 4. The Hall–Kier alpha value is -3.58. The van der Waals surface area contributed by atoms with Gasteiger partial charge in [0, 0.05) is 42.5 Å². The molecule has 33 heavy (non-hydrogen) atoms. The number of amides is 1. The third-order valence-electron chi connectivity index (χ3n) is 6.05. The van der Waals surface area contributed by atoms with Gasteiger partial charge in [-0.3, -0.25) is 4.79 Å². The van der Waals surface area contributed by atoms with Crippen LogP contribution in [0.2, 0.25) is 0 Å². The molecule has 9 nitrogen and oxygen atoms in total. The number of nitrogens with one attached hydrogen (secondary N) is 2. The second-order valence-electron chi connectivity index (χ2n) is 8.68. The van der Waals surface area contributed by atoms with Gasteiger partial charge < -0.3 is 20.1 Å². The number of hydrogen-bond acceptors (Lipinski definition) is 6. The van der Waals surface area contributed by atoms with E-state index in [1.165, 1.54) is 12.3 Å². The van der Waals surface area contributed by atoms with Gasteiger partial charge in [-0.2, -0.15) is 0 Å². The first kappa shape index (κ1) is 22.6. The van der Waals surface area contributed by atoms with E-state index >= 15 is 0 Å². The Labute approximate surface area is 191 Å². The molecule has 1 saturated heterocycles. The van der Waals surface area contributed by atoms with E-state index in [9.17, 15) is 9.18 Å². The molecule has 1 aliphatic rings. The summed E-state index contributed by atoms with van der Waals surface area (Å²) in [5.74, 6) is 0.484. The number of likely N-dealkylation sites (tertiary alicyclic amines) is 1. The van der Waals surface area contributed by atoms with Gasteiger partial charge in [-0.25, -0.2) is 24.2 Å². The van der Waals surface area contributed by atoms with Crippen LogP contribution in [-0.4, -0.2) is 75.4 Å². The van der Waals surface area contributed by atoms with Gasteiger partial charge in [-0.1, -0.05) is 0 Å². The average molecular weight is 451 g/mol. The van der Waals surface area contributed by atoms with Crippen LogP contribution in [0.15, 0.2) is 24.7 Å². The molecule has 0 aliphatic carbocycles. The van der Waals surface area contributed by atoms with E-state index in [4.69, 9.17) is 6.57 Å². The molecule has 10 heteroatoms. The maximum absolute atomic E-state index is 13.8. The van der Waals surface area contributed by atoms with E-state index in [2.05, 4.69) is 37.0 Å². The molecule has 2 N–H and O–H groups in total. The number of pyridine rings is 1. The Morgan fingerprint density at radius 3 is 2.82 bits per heavy atom. The van der Waals surface area contributed by atoms with Crippen LogP contribution in [0, 0.1) is 18.3 Å².